The number of thiazole rings is 1. The van der Waals surface area contributed by atoms with E-state index < -0.39 is 31.0 Å². The van der Waals surface area contributed by atoms with Gasteiger partial charge in [0.15, 0.2) is 5.13 Å². The lowest BCUT2D eigenvalue weighted by molar-refractivity contribution is -0.137. The maximum Gasteiger partial charge on any atom is 0.324 e. The molecule has 4 N–H and O–H groups in total. The molecule has 114 valence electrons. The van der Waals surface area contributed by atoms with Crippen molar-refractivity contribution >= 4 is 34.4 Å². The van der Waals surface area contributed by atoms with Gasteiger partial charge in [0.2, 0.25) is 5.91 Å². The number of amides is 3. The van der Waals surface area contributed by atoms with E-state index in [-0.39, 0.29) is 0 Å². The van der Waals surface area contributed by atoms with Crippen molar-refractivity contribution in [1.29, 1.82) is 0 Å². The van der Waals surface area contributed by atoms with Gasteiger partial charge in [-0.2, -0.15) is 0 Å². The number of rotatable bonds is 5. The van der Waals surface area contributed by atoms with Crippen molar-refractivity contribution in [2.24, 2.45) is 5.73 Å². The van der Waals surface area contributed by atoms with E-state index >= 15 is 0 Å². The second kappa shape index (κ2) is 6.53. The molecule has 0 saturated carbocycles. The third-order valence-corrected chi connectivity index (χ3v) is 4.09. The molecule has 0 spiro atoms. The van der Waals surface area contributed by atoms with Gasteiger partial charge in [-0.05, 0) is 25.7 Å². The average molecular weight is 312 g/mol. The molecule has 1 aromatic heterocycles. The molecule has 1 aromatic rings. The minimum atomic E-state index is -1.22. The monoisotopic (exact) mass is 312 g/mol. The Kier molecular flexibility index (Phi) is 4.73. The Morgan fingerprint density at radius 3 is 2.62 bits per heavy atom. The molecule has 21 heavy (non-hydrogen) atoms. The smallest absolute Gasteiger partial charge is 0.324 e. The van der Waals surface area contributed by atoms with Crippen LogP contribution in [0.15, 0.2) is 0 Å². The molecule has 3 amide bonds. The van der Waals surface area contributed by atoms with Gasteiger partial charge in [-0.3, -0.25) is 14.9 Å². The standard InChI is InChI=1S/C12H16N4O4S/c13-9(17)5-16(6-10(18)19)12(20)15-11-14-7-3-1-2-4-8(7)21-11/h1-6H2,(H2,13,17)(H,18,19)(H,14,15,20). The Morgan fingerprint density at radius 1 is 1.29 bits per heavy atom. The first-order valence-corrected chi connectivity index (χ1v) is 7.32. The maximum absolute atomic E-state index is 12.0. The molecule has 1 heterocycles. The summed E-state index contributed by atoms with van der Waals surface area (Å²) in [6.45, 7) is -1.05. The zero-order valence-corrected chi connectivity index (χ0v) is 12.1. The number of aromatic nitrogens is 1. The Hall–Kier alpha value is -2.16. The largest absolute Gasteiger partial charge is 0.480 e. The Bertz CT molecular complexity index is 532. The number of aliphatic carboxylic acids is 1. The zero-order chi connectivity index (χ0) is 15.4. The minimum absolute atomic E-state index is 0.423. The average Bonchev–Trinajstić information content (AvgIpc) is 2.78. The van der Waals surface area contributed by atoms with Crippen LogP contribution in [-0.4, -0.2) is 46.0 Å². The van der Waals surface area contributed by atoms with Crippen molar-refractivity contribution in [2.45, 2.75) is 25.7 Å². The predicted octanol–water partition coefficient (Wildman–Crippen LogP) is 0.426. The van der Waals surface area contributed by atoms with E-state index in [0.29, 0.717) is 5.13 Å². The molecule has 0 aliphatic heterocycles. The lowest BCUT2D eigenvalue weighted by Gasteiger charge is -2.18. The highest BCUT2D eigenvalue weighted by molar-refractivity contribution is 7.15. The van der Waals surface area contributed by atoms with E-state index in [2.05, 4.69) is 10.3 Å². The predicted molar refractivity (Wildman–Crippen MR) is 76.2 cm³/mol. The van der Waals surface area contributed by atoms with Gasteiger partial charge in [-0.25, -0.2) is 9.78 Å². The SMILES string of the molecule is NC(=O)CN(CC(=O)O)C(=O)Nc1nc2c(s1)CCCC2. The third-order valence-electron chi connectivity index (χ3n) is 3.02. The second-order valence-corrected chi connectivity index (χ2v) is 5.83. The number of carboxylic acid groups (broad SMARTS) is 1. The summed E-state index contributed by atoms with van der Waals surface area (Å²) in [5.74, 6) is -1.99. The highest BCUT2D eigenvalue weighted by Gasteiger charge is 2.21. The number of nitrogens with zero attached hydrogens (tertiary/aromatic N) is 2. The molecule has 0 aromatic carbocycles. The van der Waals surface area contributed by atoms with Crippen molar-refractivity contribution < 1.29 is 19.5 Å². The van der Waals surface area contributed by atoms with Gasteiger partial charge >= 0.3 is 12.0 Å². The van der Waals surface area contributed by atoms with E-state index in [0.717, 1.165) is 41.2 Å². The van der Waals surface area contributed by atoms with Gasteiger partial charge in [0.1, 0.15) is 13.1 Å². The summed E-state index contributed by atoms with van der Waals surface area (Å²) in [6, 6.07) is -0.692. The number of carbonyl (C=O) groups excluding carboxylic acids is 2. The van der Waals surface area contributed by atoms with Crippen LogP contribution in [0.2, 0.25) is 0 Å². The van der Waals surface area contributed by atoms with Crippen LogP contribution in [0.5, 0.6) is 0 Å². The number of primary amides is 1. The summed E-state index contributed by atoms with van der Waals surface area (Å²) in [5.41, 5.74) is 6.00. The number of hydrogen-bond acceptors (Lipinski definition) is 5. The molecule has 0 unspecified atom stereocenters. The number of nitrogens with one attached hydrogen (secondary N) is 1. The van der Waals surface area contributed by atoms with E-state index in [1.807, 2.05) is 0 Å². The van der Waals surface area contributed by atoms with Crippen LogP contribution in [0.1, 0.15) is 23.4 Å². The molecular weight excluding hydrogens is 296 g/mol. The summed E-state index contributed by atoms with van der Waals surface area (Å²) in [5, 5.41) is 11.7. The van der Waals surface area contributed by atoms with Crippen LogP contribution < -0.4 is 11.1 Å². The van der Waals surface area contributed by atoms with Gasteiger partial charge < -0.3 is 15.7 Å². The molecule has 0 bridgehead atoms. The van der Waals surface area contributed by atoms with Gasteiger partial charge in [0, 0.05) is 4.88 Å². The van der Waals surface area contributed by atoms with Crippen LogP contribution in [0.3, 0.4) is 0 Å². The van der Waals surface area contributed by atoms with Crippen LogP contribution in [0.25, 0.3) is 0 Å². The van der Waals surface area contributed by atoms with Crippen LogP contribution >= 0.6 is 11.3 Å². The molecule has 0 saturated heterocycles. The van der Waals surface area contributed by atoms with Gasteiger partial charge in [0.25, 0.3) is 0 Å². The summed E-state index contributed by atoms with van der Waals surface area (Å²) in [7, 11) is 0. The molecule has 2 rings (SSSR count). The van der Waals surface area contributed by atoms with Gasteiger partial charge in [-0.15, -0.1) is 11.3 Å². The molecule has 0 fully saturated rings. The van der Waals surface area contributed by atoms with Gasteiger partial charge in [0.05, 0.1) is 5.69 Å². The van der Waals surface area contributed by atoms with Crippen molar-refractivity contribution in [3.63, 3.8) is 0 Å². The molecule has 0 atom stereocenters. The Morgan fingerprint density at radius 2 is 2.00 bits per heavy atom. The first-order chi connectivity index (χ1) is 9.95. The molecule has 1 aliphatic carbocycles. The van der Waals surface area contributed by atoms with E-state index in [1.54, 1.807) is 0 Å². The molecule has 9 heteroatoms. The van der Waals surface area contributed by atoms with Crippen molar-refractivity contribution in [2.75, 3.05) is 18.4 Å². The van der Waals surface area contributed by atoms with Crippen LogP contribution in [-0.2, 0) is 22.4 Å². The van der Waals surface area contributed by atoms with E-state index in [1.165, 1.54) is 11.3 Å². The minimum Gasteiger partial charge on any atom is -0.480 e. The number of hydrogen-bond donors (Lipinski definition) is 3. The topological polar surface area (TPSA) is 126 Å². The number of carboxylic acids is 1. The van der Waals surface area contributed by atoms with Crippen molar-refractivity contribution in [1.82, 2.24) is 9.88 Å². The van der Waals surface area contributed by atoms with E-state index in [4.69, 9.17) is 10.8 Å². The maximum atomic E-state index is 12.0. The van der Waals surface area contributed by atoms with Crippen LogP contribution in [0.4, 0.5) is 9.93 Å². The summed E-state index contributed by atoms with van der Waals surface area (Å²) < 4.78 is 0. The van der Waals surface area contributed by atoms with Gasteiger partial charge in [-0.1, -0.05) is 0 Å². The van der Waals surface area contributed by atoms with Crippen molar-refractivity contribution in [3.8, 4) is 0 Å². The second-order valence-electron chi connectivity index (χ2n) is 4.74. The summed E-state index contributed by atoms with van der Waals surface area (Å²) >= 11 is 1.39. The number of carbonyl (C=O) groups is 3. The van der Waals surface area contributed by atoms with Crippen LogP contribution in [0, 0.1) is 0 Å². The first-order valence-electron chi connectivity index (χ1n) is 6.50. The highest BCUT2D eigenvalue weighted by atomic mass is 32.1. The fourth-order valence-corrected chi connectivity index (χ4v) is 3.17. The number of nitrogens with two attached hydrogens (primary N) is 1. The summed E-state index contributed by atoms with van der Waals surface area (Å²) in [4.78, 5) is 39.9. The normalized spacial score (nSPS) is 13.3. The molecule has 8 nitrogen and oxygen atoms in total. The first kappa shape index (κ1) is 15.2. The third kappa shape index (κ3) is 4.15. The summed E-state index contributed by atoms with van der Waals surface area (Å²) in [6.07, 6.45) is 4.02. The van der Waals surface area contributed by atoms with E-state index in [9.17, 15) is 14.4 Å². The lowest BCUT2D eigenvalue weighted by Crippen LogP contribution is -2.43. The number of fused-ring (bicyclic) bond motifs is 1. The fraction of sp³-hybridized carbons (Fsp3) is 0.500. The zero-order valence-electron chi connectivity index (χ0n) is 11.3. The fourth-order valence-electron chi connectivity index (χ4n) is 2.13. The molecule has 0 radical (unpaired) electrons. The number of aryl methyl sites for hydroxylation is 2. The van der Waals surface area contributed by atoms with Crippen molar-refractivity contribution in [3.05, 3.63) is 10.6 Å². The highest BCUT2D eigenvalue weighted by Crippen LogP contribution is 2.29. The molecule has 1 aliphatic rings. The number of urea groups is 1. The quantitative estimate of drug-likeness (QED) is 0.726. The Labute approximate surface area is 124 Å². The molecular formula is C12H16N4O4S. The number of anilines is 1. The lowest BCUT2D eigenvalue weighted by atomic mass is 10.0. The Balaban J connectivity index is 2.05.